The van der Waals surface area contributed by atoms with Crippen LogP contribution in [0.15, 0.2) is 48.9 Å². The number of hydrogen-bond donors (Lipinski definition) is 0. The van der Waals surface area contributed by atoms with E-state index in [1.54, 1.807) is 12.1 Å². The number of nitrogens with zero attached hydrogens (tertiary/aromatic N) is 2. The van der Waals surface area contributed by atoms with Crippen LogP contribution in [0.1, 0.15) is 17.5 Å². The molecule has 24 heavy (non-hydrogen) atoms. The van der Waals surface area contributed by atoms with Crippen LogP contribution in [0, 0.1) is 0 Å². The van der Waals surface area contributed by atoms with Gasteiger partial charge >= 0.3 is 5.91 Å². The lowest BCUT2D eigenvalue weighted by Crippen LogP contribution is -2.19. The number of halogens is 2. The number of furan rings is 1. The third-order valence-electron chi connectivity index (χ3n) is 3.29. The molecule has 0 saturated heterocycles. The smallest absolute Gasteiger partial charge is 0.315 e. The zero-order valence-corrected chi connectivity index (χ0v) is 16.8. The number of carbonyl (C=O) groups excluding carboxylic acids is 1. The minimum absolute atomic E-state index is 0.205. The van der Waals surface area contributed by atoms with Gasteiger partial charge in [0.1, 0.15) is 0 Å². The zero-order valence-electron chi connectivity index (χ0n) is 12.8. The van der Waals surface area contributed by atoms with Gasteiger partial charge in [-0.05, 0) is 53.2 Å². The summed E-state index contributed by atoms with van der Waals surface area (Å²) in [6.07, 6.45) is 0. The average Bonchev–Trinajstić information content (AvgIpc) is 3.11. The van der Waals surface area contributed by atoms with Crippen molar-refractivity contribution in [3.63, 3.8) is 0 Å². The van der Waals surface area contributed by atoms with Crippen LogP contribution in [-0.2, 0) is 11.3 Å². The summed E-state index contributed by atoms with van der Waals surface area (Å²) in [6, 6.07) is 9.28. The minimum Gasteiger partial charge on any atom is -0.444 e. The van der Waals surface area contributed by atoms with E-state index < -0.39 is 5.91 Å². The minimum atomic E-state index is -0.406. The maximum Gasteiger partial charge on any atom is 0.315 e. The molecule has 0 aliphatic carbocycles. The average molecular weight is 474 g/mol. The van der Waals surface area contributed by atoms with E-state index >= 15 is 0 Å². The van der Waals surface area contributed by atoms with Gasteiger partial charge in [0.25, 0.3) is 0 Å². The lowest BCUT2D eigenvalue weighted by atomic mass is 10.3. The Hall–Kier alpha value is -1.22. The Morgan fingerprint density at radius 2 is 2.17 bits per heavy atom. The first kappa shape index (κ1) is 17.6. The molecule has 1 aromatic carbocycles. The summed E-state index contributed by atoms with van der Waals surface area (Å²) in [5, 5.41) is 0. The van der Waals surface area contributed by atoms with Crippen LogP contribution in [0.25, 0.3) is 10.2 Å². The lowest BCUT2D eigenvalue weighted by molar-refractivity contribution is 0.0969. The van der Waals surface area contributed by atoms with Crippen molar-refractivity contribution in [2.24, 2.45) is 4.99 Å². The number of amides is 1. The first-order valence-electron chi connectivity index (χ1n) is 7.29. The maximum absolute atomic E-state index is 12.3. The first-order valence-corrected chi connectivity index (χ1v) is 9.69. The molecule has 1 amide bonds. The number of aromatic nitrogens is 1. The standard InChI is InChI=1S/C16H14Br2N2O3S/c1-2-22-8-7-20-11-4-3-10(17)9-13(11)24-16(20)19-15(21)12-5-6-14(18)23-12/h3-6,9H,2,7-8H2,1H3. The Balaban J connectivity index is 2.06. The van der Waals surface area contributed by atoms with Crippen molar-refractivity contribution < 1.29 is 13.9 Å². The highest BCUT2D eigenvalue weighted by Crippen LogP contribution is 2.22. The van der Waals surface area contributed by atoms with Crippen LogP contribution in [0.3, 0.4) is 0 Å². The zero-order chi connectivity index (χ0) is 17.1. The number of thiazole rings is 1. The van der Waals surface area contributed by atoms with E-state index in [0.29, 0.717) is 29.2 Å². The van der Waals surface area contributed by atoms with Gasteiger partial charge in [-0.2, -0.15) is 4.99 Å². The number of ether oxygens (including phenoxy) is 1. The first-order chi connectivity index (χ1) is 11.6. The van der Waals surface area contributed by atoms with E-state index in [1.165, 1.54) is 11.3 Å². The monoisotopic (exact) mass is 472 g/mol. The molecule has 2 heterocycles. The molecule has 0 radical (unpaired) electrons. The van der Waals surface area contributed by atoms with Crippen molar-refractivity contribution in [3.05, 3.63) is 50.0 Å². The summed E-state index contributed by atoms with van der Waals surface area (Å²) in [5.41, 5.74) is 1.02. The summed E-state index contributed by atoms with van der Waals surface area (Å²) in [6.45, 7) is 3.80. The molecule has 126 valence electrons. The van der Waals surface area contributed by atoms with E-state index in [2.05, 4.69) is 36.9 Å². The second-order valence-electron chi connectivity index (χ2n) is 4.87. The Bertz CT molecular complexity index is 942. The molecule has 0 bridgehead atoms. The van der Waals surface area contributed by atoms with Gasteiger partial charge in [0.05, 0.1) is 16.8 Å². The third kappa shape index (κ3) is 3.88. The quantitative estimate of drug-likeness (QED) is 0.509. The summed E-state index contributed by atoms with van der Waals surface area (Å²) in [7, 11) is 0. The fourth-order valence-electron chi connectivity index (χ4n) is 2.22. The fourth-order valence-corrected chi connectivity index (χ4v) is 4.13. The molecule has 5 nitrogen and oxygen atoms in total. The van der Waals surface area contributed by atoms with Crippen molar-refractivity contribution >= 4 is 59.3 Å². The Morgan fingerprint density at radius 1 is 1.33 bits per heavy atom. The Kier molecular flexibility index (Phi) is 5.70. The molecule has 0 N–H and O–H groups in total. The maximum atomic E-state index is 12.3. The van der Waals surface area contributed by atoms with Crippen molar-refractivity contribution in [1.82, 2.24) is 4.57 Å². The van der Waals surface area contributed by atoms with Gasteiger partial charge in [-0.25, -0.2) is 0 Å². The normalized spacial score (nSPS) is 12.2. The Morgan fingerprint density at radius 3 is 2.88 bits per heavy atom. The number of benzene rings is 1. The number of fused-ring (bicyclic) bond motifs is 1. The van der Waals surface area contributed by atoms with Gasteiger partial charge in [-0.15, -0.1) is 0 Å². The lowest BCUT2D eigenvalue weighted by Gasteiger charge is -2.05. The summed E-state index contributed by atoms with van der Waals surface area (Å²) in [5.74, 6) is -0.201. The second kappa shape index (κ2) is 7.77. The van der Waals surface area contributed by atoms with Crippen LogP contribution in [-0.4, -0.2) is 23.7 Å². The van der Waals surface area contributed by atoms with Crippen LogP contribution >= 0.6 is 43.2 Å². The van der Waals surface area contributed by atoms with Gasteiger partial charge in [0.2, 0.25) is 0 Å². The van der Waals surface area contributed by atoms with E-state index in [1.807, 2.05) is 29.7 Å². The predicted molar refractivity (Wildman–Crippen MR) is 100 cm³/mol. The van der Waals surface area contributed by atoms with E-state index in [9.17, 15) is 4.79 Å². The highest BCUT2D eigenvalue weighted by Gasteiger charge is 2.12. The molecular formula is C16H14Br2N2O3S. The summed E-state index contributed by atoms with van der Waals surface area (Å²) >= 11 is 8.13. The van der Waals surface area contributed by atoms with E-state index in [0.717, 1.165) is 14.7 Å². The number of hydrogen-bond acceptors (Lipinski definition) is 4. The molecule has 0 spiro atoms. The molecule has 0 aliphatic heterocycles. The molecule has 0 aliphatic rings. The molecule has 3 aromatic rings. The van der Waals surface area contributed by atoms with Crippen LogP contribution in [0.4, 0.5) is 0 Å². The van der Waals surface area contributed by atoms with Crippen molar-refractivity contribution in [3.8, 4) is 0 Å². The third-order valence-corrected chi connectivity index (χ3v) is 5.25. The highest BCUT2D eigenvalue weighted by atomic mass is 79.9. The van der Waals surface area contributed by atoms with Crippen LogP contribution in [0.5, 0.6) is 0 Å². The molecule has 0 unspecified atom stereocenters. The summed E-state index contributed by atoms with van der Waals surface area (Å²) < 4.78 is 15.3. The largest absolute Gasteiger partial charge is 0.444 e. The fraction of sp³-hybridized carbons (Fsp3) is 0.250. The van der Waals surface area contributed by atoms with Gasteiger partial charge in [-0.1, -0.05) is 27.3 Å². The highest BCUT2D eigenvalue weighted by molar-refractivity contribution is 9.10. The molecule has 0 saturated carbocycles. The summed E-state index contributed by atoms with van der Waals surface area (Å²) in [4.78, 5) is 17.2. The molecular weight excluding hydrogens is 460 g/mol. The molecule has 0 atom stereocenters. The topological polar surface area (TPSA) is 56.7 Å². The molecule has 0 fully saturated rings. The van der Waals surface area contributed by atoms with E-state index in [4.69, 9.17) is 9.15 Å². The SMILES string of the molecule is CCOCCn1c(=NC(=O)c2ccc(Br)o2)sc2cc(Br)ccc21. The van der Waals surface area contributed by atoms with E-state index in [-0.39, 0.29) is 5.76 Å². The number of carbonyl (C=O) groups is 1. The van der Waals surface area contributed by atoms with Crippen molar-refractivity contribution in [2.75, 3.05) is 13.2 Å². The molecule has 8 heteroatoms. The van der Waals surface area contributed by atoms with Gasteiger partial charge in [0, 0.05) is 17.6 Å². The Labute approximate surface area is 159 Å². The van der Waals surface area contributed by atoms with Crippen molar-refractivity contribution in [1.29, 1.82) is 0 Å². The van der Waals surface area contributed by atoms with Gasteiger partial charge in [0.15, 0.2) is 15.2 Å². The van der Waals surface area contributed by atoms with Crippen LogP contribution < -0.4 is 4.80 Å². The van der Waals surface area contributed by atoms with Gasteiger partial charge in [-0.3, -0.25) is 4.79 Å². The number of rotatable bonds is 5. The molecule has 2 aromatic heterocycles. The van der Waals surface area contributed by atoms with Gasteiger partial charge < -0.3 is 13.7 Å². The predicted octanol–water partition coefficient (Wildman–Crippen LogP) is 4.60. The molecule has 3 rings (SSSR count). The van der Waals surface area contributed by atoms with Crippen molar-refractivity contribution in [2.45, 2.75) is 13.5 Å². The second-order valence-corrected chi connectivity index (χ2v) is 7.57. The van der Waals surface area contributed by atoms with Crippen LogP contribution in [0.2, 0.25) is 0 Å².